The van der Waals surface area contributed by atoms with E-state index in [1.54, 1.807) is 61.5 Å². The number of rotatable bonds is 6. The zero-order valence-electron chi connectivity index (χ0n) is 17.9. The van der Waals surface area contributed by atoms with Gasteiger partial charge in [-0.05, 0) is 55.8 Å². The van der Waals surface area contributed by atoms with Gasteiger partial charge >= 0.3 is 5.91 Å². The van der Waals surface area contributed by atoms with Crippen LogP contribution in [0.15, 0.2) is 64.7 Å². The second kappa shape index (κ2) is 8.58. The first-order valence-electron chi connectivity index (χ1n) is 10.1. The molecule has 1 saturated heterocycles. The molecule has 1 aliphatic heterocycles. The van der Waals surface area contributed by atoms with Crippen molar-refractivity contribution in [1.29, 1.82) is 0 Å². The van der Waals surface area contributed by atoms with Gasteiger partial charge in [0.1, 0.15) is 23.0 Å². The summed E-state index contributed by atoms with van der Waals surface area (Å²) in [6.07, 6.45) is 0. The van der Waals surface area contributed by atoms with E-state index < -0.39 is 17.7 Å². The lowest BCUT2D eigenvalue weighted by atomic mass is 9.95. The van der Waals surface area contributed by atoms with Gasteiger partial charge in [-0.15, -0.1) is 0 Å². The fourth-order valence-corrected chi connectivity index (χ4v) is 3.67. The quantitative estimate of drug-likeness (QED) is 0.355. The third kappa shape index (κ3) is 3.71. The Labute approximate surface area is 184 Å². The van der Waals surface area contributed by atoms with E-state index >= 15 is 0 Å². The zero-order chi connectivity index (χ0) is 22.8. The van der Waals surface area contributed by atoms with E-state index in [1.165, 1.54) is 12.0 Å². The van der Waals surface area contributed by atoms with Crippen LogP contribution in [-0.2, 0) is 9.59 Å². The number of nitrogens with zero attached hydrogens (tertiary/aromatic N) is 2. The number of ketones is 1. The van der Waals surface area contributed by atoms with Crippen molar-refractivity contribution in [2.75, 3.05) is 18.6 Å². The molecule has 1 fully saturated rings. The number of Topliss-reactive ketones (excluding diaryl/α,β-unsaturated/α-hetero) is 1. The molecule has 32 heavy (non-hydrogen) atoms. The fourth-order valence-electron chi connectivity index (χ4n) is 3.67. The molecule has 1 atom stereocenters. The number of anilines is 1. The largest absolute Gasteiger partial charge is 0.507 e. The molecule has 1 N–H and O–H groups in total. The van der Waals surface area contributed by atoms with Crippen LogP contribution in [0.5, 0.6) is 11.5 Å². The summed E-state index contributed by atoms with van der Waals surface area (Å²) in [4.78, 5) is 27.3. The minimum atomic E-state index is -0.891. The molecule has 1 aromatic heterocycles. The van der Waals surface area contributed by atoms with Crippen LogP contribution in [0.25, 0.3) is 5.76 Å². The van der Waals surface area contributed by atoms with Crippen LogP contribution in [0.4, 0.5) is 5.82 Å². The Morgan fingerprint density at radius 2 is 1.75 bits per heavy atom. The van der Waals surface area contributed by atoms with Gasteiger partial charge in [0, 0.05) is 11.6 Å². The molecule has 0 aliphatic carbocycles. The van der Waals surface area contributed by atoms with Crippen molar-refractivity contribution < 1.29 is 28.7 Å². The molecule has 0 spiro atoms. The summed E-state index contributed by atoms with van der Waals surface area (Å²) < 4.78 is 15.8. The first-order valence-corrected chi connectivity index (χ1v) is 10.1. The van der Waals surface area contributed by atoms with E-state index in [2.05, 4.69) is 5.16 Å². The summed E-state index contributed by atoms with van der Waals surface area (Å²) in [5.74, 6) is 0.0428. The van der Waals surface area contributed by atoms with Crippen LogP contribution in [-0.4, -0.2) is 35.7 Å². The Hall–Kier alpha value is -4.07. The predicted octanol–water partition coefficient (Wildman–Crippen LogP) is 4.02. The van der Waals surface area contributed by atoms with Crippen LogP contribution < -0.4 is 14.4 Å². The SMILES string of the molecule is CCOc1ccc(C2C(=C(O)c3ccc(OC)cc3)C(=O)C(=O)N2c2cc(C)on2)cc1. The number of methoxy groups -OCH3 is 1. The van der Waals surface area contributed by atoms with Crippen LogP contribution in [0.1, 0.15) is 29.9 Å². The minimum Gasteiger partial charge on any atom is -0.507 e. The number of aryl methyl sites for hydroxylation is 1. The minimum absolute atomic E-state index is 0.0371. The van der Waals surface area contributed by atoms with Gasteiger partial charge in [0.15, 0.2) is 5.82 Å². The van der Waals surface area contributed by atoms with Gasteiger partial charge < -0.3 is 19.1 Å². The van der Waals surface area contributed by atoms with Crippen molar-refractivity contribution in [3.8, 4) is 11.5 Å². The van der Waals surface area contributed by atoms with Crippen molar-refractivity contribution >= 4 is 23.3 Å². The summed E-state index contributed by atoms with van der Waals surface area (Å²) in [6, 6.07) is 14.3. The average Bonchev–Trinajstić information content (AvgIpc) is 3.35. The highest BCUT2D eigenvalue weighted by Gasteiger charge is 2.48. The number of hydrogen-bond donors (Lipinski definition) is 1. The summed E-state index contributed by atoms with van der Waals surface area (Å²) in [5.41, 5.74) is 0.962. The van der Waals surface area contributed by atoms with E-state index in [4.69, 9.17) is 14.0 Å². The van der Waals surface area contributed by atoms with Crippen molar-refractivity contribution in [3.05, 3.63) is 77.1 Å². The number of benzene rings is 2. The summed E-state index contributed by atoms with van der Waals surface area (Å²) in [7, 11) is 1.53. The molecule has 0 radical (unpaired) electrons. The lowest BCUT2D eigenvalue weighted by Gasteiger charge is -2.23. The molecule has 164 valence electrons. The Morgan fingerprint density at radius 3 is 2.31 bits per heavy atom. The number of aliphatic hydroxyl groups is 1. The van der Waals surface area contributed by atoms with Gasteiger partial charge in [-0.25, -0.2) is 0 Å². The first-order chi connectivity index (χ1) is 15.4. The van der Waals surface area contributed by atoms with E-state index in [-0.39, 0.29) is 17.2 Å². The Kier molecular flexibility index (Phi) is 5.68. The van der Waals surface area contributed by atoms with Crippen LogP contribution in [0.3, 0.4) is 0 Å². The van der Waals surface area contributed by atoms with Crippen LogP contribution in [0, 0.1) is 6.92 Å². The van der Waals surface area contributed by atoms with E-state index in [1.807, 2.05) is 6.92 Å². The van der Waals surface area contributed by atoms with Gasteiger partial charge in [-0.3, -0.25) is 14.5 Å². The molecule has 1 unspecified atom stereocenters. The number of ether oxygens (including phenoxy) is 2. The van der Waals surface area contributed by atoms with Crippen molar-refractivity contribution in [2.45, 2.75) is 19.9 Å². The number of carbonyl (C=O) groups is 2. The Morgan fingerprint density at radius 1 is 1.09 bits per heavy atom. The maximum atomic E-state index is 13.1. The molecule has 1 aliphatic rings. The van der Waals surface area contributed by atoms with Gasteiger partial charge in [-0.2, -0.15) is 0 Å². The summed E-state index contributed by atoms with van der Waals surface area (Å²) in [5, 5.41) is 15.0. The summed E-state index contributed by atoms with van der Waals surface area (Å²) >= 11 is 0. The fraction of sp³-hybridized carbons (Fsp3) is 0.208. The first kappa shape index (κ1) is 21.2. The highest BCUT2D eigenvalue weighted by molar-refractivity contribution is 6.51. The molecule has 1 amide bonds. The third-order valence-electron chi connectivity index (χ3n) is 5.18. The predicted molar refractivity (Wildman–Crippen MR) is 117 cm³/mol. The molecule has 8 heteroatoms. The molecule has 0 saturated carbocycles. The second-order valence-corrected chi connectivity index (χ2v) is 7.20. The number of amides is 1. The lowest BCUT2D eigenvalue weighted by Crippen LogP contribution is -2.29. The molecule has 0 bridgehead atoms. The monoisotopic (exact) mass is 434 g/mol. The van der Waals surface area contributed by atoms with Crippen molar-refractivity contribution in [2.24, 2.45) is 0 Å². The van der Waals surface area contributed by atoms with Crippen LogP contribution >= 0.6 is 0 Å². The standard InChI is InChI=1S/C24H22N2O6/c1-4-31-18-11-5-15(6-12-18)21-20(22(27)16-7-9-17(30-3)10-8-16)23(28)24(29)26(21)19-13-14(2)32-25-19/h5-13,21,27H,4H2,1-3H3. The maximum absolute atomic E-state index is 13.1. The zero-order valence-corrected chi connectivity index (χ0v) is 17.9. The van der Waals surface area contributed by atoms with E-state index in [9.17, 15) is 14.7 Å². The van der Waals surface area contributed by atoms with Gasteiger partial charge in [0.25, 0.3) is 5.78 Å². The van der Waals surface area contributed by atoms with E-state index in [0.717, 1.165) is 0 Å². The molecule has 2 aromatic carbocycles. The summed E-state index contributed by atoms with van der Waals surface area (Å²) in [6.45, 7) is 4.08. The maximum Gasteiger partial charge on any atom is 0.301 e. The second-order valence-electron chi connectivity index (χ2n) is 7.20. The molecule has 4 rings (SSSR count). The number of hydrogen-bond acceptors (Lipinski definition) is 7. The van der Waals surface area contributed by atoms with Crippen LogP contribution in [0.2, 0.25) is 0 Å². The Balaban J connectivity index is 1.87. The van der Waals surface area contributed by atoms with Crippen molar-refractivity contribution in [1.82, 2.24) is 5.16 Å². The van der Waals surface area contributed by atoms with Gasteiger partial charge in [0.2, 0.25) is 0 Å². The number of aromatic nitrogens is 1. The molecule has 2 heterocycles. The molecular formula is C24H22N2O6. The molecular weight excluding hydrogens is 412 g/mol. The third-order valence-corrected chi connectivity index (χ3v) is 5.18. The Bertz CT molecular complexity index is 1180. The smallest absolute Gasteiger partial charge is 0.301 e. The number of carbonyl (C=O) groups excluding carboxylic acids is 2. The number of aliphatic hydroxyl groups excluding tert-OH is 1. The molecule has 3 aromatic rings. The molecule has 8 nitrogen and oxygen atoms in total. The highest BCUT2D eigenvalue weighted by atomic mass is 16.5. The van der Waals surface area contributed by atoms with Crippen molar-refractivity contribution in [3.63, 3.8) is 0 Å². The average molecular weight is 434 g/mol. The van der Waals surface area contributed by atoms with Gasteiger partial charge in [-0.1, -0.05) is 17.3 Å². The normalized spacial score (nSPS) is 17.6. The topological polar surface area (TPSA) is 102 Å². The van der Waals surface area contributed by atoms with E-state index in [0.29, 0.717) is 35.0 Å². The highest BCUT2D eigenvalue weighted by Crippen LogP contribution is 2.42. The lowest BCUT2D eigenvalue weighted by molar-refractivity contribution is -0.132. The van der Waals surface area contributed by atoms with Gasteiger partial charge in [0.05, 0.1) is 25.3 Å².